The maximum absolute atomic E-state index is 14.0. The molecular weight excluding hydrogens is 389 g/mol. The summed E-state index contributed by atoms with van der Waals surface area (Å²) < 4.78 is 14.0. The van der Waals surface area contributed by atoms with E-state index in [0.717, 1.165) is 16.7 Å². The highest BCUT2D eigenvalue weighted by Crippen LogP contribution is 2.18. The van der Waals surface area contributed by atoms with Gasteiger partial charge in [0.2, 0.25) is 0 Å². The Bertz CT molecular complexity index is 1020. The molecule has 0 aliphatic heterocycles. The molecule has 29 heavy (non-hydrogen) atoms. The first kappa shape index (κ1) is 20.7. The van der Waals surface area contributed by atoms with E-state index in [9.17, 15) is 14.0 Å². The van der Waals surface area contributed by atoms with E-state index < -0.39 is 17.8 Å². The number of carbonyl (C=O) groups excluding carboxylic acids is 2. The Morgan fingerprint density at radius 1 is 1.00 bits per heavy atom. The van der Waals surface area contributed by atoms with E-state index >= 15 is 0 Å². The molecule has 0 bridgehead atoms. The van der Waals surface area contributed by atoms with Gasteiger partial charge in [-0.1, -0.05) is 60.1 Å². The van der Waals surface area contributed by atoms with Gasteiger partial charge in [-0.25, -0.2) is 4.39 Å². The van der Waals surface area contributed by atoms with E-state index in [1.807, 2.05) is 43.3 Å². The van der Waals surface area contributed by atoms with Crippen LogP contribution in [0.2, 0.25) is 5.02 Å². The molecule has 0 heterocycles. The van der Waals surface area contributed by atoms with Crippen LogP contribution in [0.4, 0.5) is 4.39 Å². The number of hydrogen-bond donors (Lipinski definition) is 1. The summed E-state index contributed by atoms with van der Waals surface area (Å²) in [7, 11) is 0. The molecule has 3 aromatic carbocycles. The number of ketones is 1. The van der Waals surface area contributed by atoms with Gasteiger partial charge in [0.05, 0.1) is 11.6 Å². The molecule has 0 saturated carbocycles. The van der Waals surface area contributed by atoms with Gasteiger partial charge in [-0.05, 0) is 54.3 Å². The molecule has 0 radical (unpaired) electrons. The summed E-state index contributed by atoms with van der Waals surface area (Å²) in [6.07, 6.45) is 0.445. The minimum absolute atomic E-state index is 0.0858. The molecule has 0 aliphatic rings. The van der Waals surface area contributed by atoms with Crippen molar-refractivity contribution in [3.05, 3.63) is 106 Å². The van der Waals surface area contributed by atoms with Gasteiger partial charge in [-0.15, -0.1) is 0 Å². The molecule has 1 atom stereocenters. The van der Waals surface area contributed by atoms with Crippen molar-refractivity contribution in [3.63, 3.8) is 0 Å². The topological polar surface area (TPSA) is 46.2 Å². The maximum Gasteiger partial charge on any atom is 0.254 e. The average Bonchev–Trinajstić information content (AvgIpc) is 2.71. The Morgan fingerprint density at radius 3 is 2.41 bits per heavy atom. The number of Topliss-reactive ketones (excluding diaryl/α,β-unsaturated/α-hetero) is 1. The average molecular weight is 410 g/mol. The van der Waals surface area contributed by atoms with Crippen LogP contribution >= 0.6 is 11.6 Å². The normalized spacial score (nSPS) is 11.7. The lowest BCUT2D eigenvalue weighted by Crippen LogP contribution is -2.43. The molecule has 5 heteroatoms. The minimum Gasteiger partial charge on any atom is -0.342 e. The van der Waals surface area contributed by atoms with Crippen molar-refractivity contribution in [1.29, 1.82) is 0 Å². The van der Waals surface area contributed by atoms with Gasteiger partial charge in [0.1, 0.15) is 5.82 Å². The molecule has 148 valence electrons. The van der Waals surface area contributed by atoms with Crippen LogP contribution in [-0.4, -0.2) is 17.7 Å². The van der Waals surface area contributed by atoms with E-state index in [-0.39, 0.29) is 17.8 Å². The van der Waals surface area contributed by atoms with Crippen molar-refractivity contribution in [2.24, 2.45) is 0 Å². The van der Waals surface area contributed by atoms with Gasteiger partial charge < -0.3 is 5.32 Å². The summed E-state index contributed by atoms with van der Waals surface area (Å²) in [5.74, 6) is -1.40. The Labute approximate surface area is 174 Å². The SMILES string of the molecule is Cc1ccc(Cl)cc1CC(=O)[C@@H](Cc1ccccc1)NC(=O)c1ccccc1F. The smallest absolute Gasteiger partial charge is 0.254 e. The van der Waals surface area contributed by atoms with Crippen LogP contribution in [0, 0.1) is 12.7 Å². The second kappa shape index (κ2) is 9.48. The quantitative estimate of drug-likeness (QED) is 0.600. The Hall–Kier alpha value is -2.98. The molecule has 0 unspecified atom stereocenters. The lowest BCUT2D eigenvalue weighted by Gasteiger charge is -2.19. The highest BCUT2D eigenvalue weighted by molar-refractivity contribution is 6.30. The maximum atomic E-state index is 14.0. The van der Waals surface area contributed by atoms with Crippen molar-refractivity contribution < 1.29 is 14.0 Å². The van der Waals surface area contributed by atoms with Crippen molar-refractivity contribution in [1.82, 2.24) is 5.32 Å². The van der Waals surface area contributed by atoms with E-state index in [4.69, 9.17) is 11.6 Å². The Morgan fingerprint density at radius 2 is 1.69 bits per heavy atom. The molecular formula is C24H21ClFNO2. The summed E-state index contributed by atoms with van der Waals surface area (Å²) in [4.78, 5) is 25.7. The fourth-order valence-electron chi connectivity index (χ4n) is 3.12. The number of hydrogen-bond acceptors (Lipinski definition) is 2. The highest BCUT2D eigenvalue weighted by atomic mass is 35.5. The van der Waals surface area contributed by atoms with E-state index in [1.165, 1.54) is 18.2 Å². The first-order chi connectivity index (χ1) is 13.9. The molecule has 3 rings (SSSR count). The Kier molecular flexibility index (Phi) is 6.78. The number of halogens is 2. The lowest BCUT2D eigenvalue weighted by atomic mass is 9.95. The van der Waals surface area contributed by atoms with E-state index in [2.05, 4.69) is 5.32 Å². The number of amides is 1. The summed E-state index contributed by atoms with van der Waals surface area (Å²) in [5, 5.41) is 3.26. The summed E-state index contributed by atoms with van der Waals surface area (Å²) in [6, 6.07) is 19.7. The second-order valence-corrected chi connectivity index (χ2v) is 7.35. The van der Waals surface area contributed by atoms with Crippen molar-refractivity contribution in [3.8, 4) is 0 Å². The number of aryl methyl sites for hydroxylation is 1. The summed E-state index contributed by atoms with van der Waals surface area (Å²) >= 11 is 6.07. The molecule has 0 spiro atoms. The molecule has 3 aromatic rings. The zero-order valence-electron chi connectivity index (χ0n) is 16.0. The first-order valence-corrected chi connectivity index (χ1v) is 9.69. The molecule has 0 aliphatic carbocycles. The fourth-order valence-corrected chi connectivity index (χ4v) is 3.31. The van der Waals surface area contributed by atoms with E-state index in [1.54, 1.807) is 18.2 Å². The monoisotopic (exact) mass is 409 g/mol. The largest absolute Gasteiger partial charge is 0.342 e. The van der Waals surface area contributed by atoms with Gasteiger partial charge in [0, 0.05) is 11.4 Å². The zero-order valence-corrected chi connectivity index (χ0v) is 16.7. The molecule has 3 nitrogen and oxygen atoms in total. The van der Waals surface area contributed by atoms with Crippen LogP contribution in [-0.2, 0) is 17.6 Å². The lowest BCUT2D eigenvalue weighted by molar-refractivity contribution is -0.120. The van der Waals surface area contributed by atoms with Crippen LogP contribution in [0.1, 0.15) is 27.0 Å². The van der Waals surface area contributed by atoms with Crippen molar-refractivity contribution in [2.75, 3.05) is 0 Å². The number of rotatable bonds is 7. The highest BCUT2D eigenvalue weighted by Gasteiger charge is 2.23. The molecule has 1 N–H and O–H groups in total. The summed E-state index contributed by atoms with van der Waals surface area (Å²) in [6.45, 7) is 1.91. The molecule has 0 saturated heterocycles. The number of nitrogens with one attached hydrogen (secondary N) is 1. The van der Waals surface area contributed by atoms with Gasteiger partial charge in [-0.3, -0.25) is 9.59 Å². The molecule has 1 amide bonds. The van der Waals surface area contributed by atoms with Gasteiger partial charge >= 0.3 is 0 Å². The van der Waals surface area contributed by atoms with Crippen LogP contribution in [0.5, 0.6) is 0 Å². The number of carbonyl (C=O) groups is 2. The van der Waals surface area contributed by atoms with Crippen LogP contribution in [0.3, 0.4) is 0 Å². The minimum atomic E-state index is -0.789. The first-order valence-electron chi connectivity index (χ1n) is 9.31. The van der Waals surface area contributed by atoms with Crippen LogP contribution in [0.15, 0.2) is 72.8 Å². The summed E-state index contributed by atoms with van der Waals surface area (Å²) in [5.41, 5.74) is 2.57. The van der Waals surface area contributed by atoms with Crippen LogP contribution in [0.25, 0.3) is 0 Å². The van der Waals surface area contributed by atoms with E-state index in [0.29, 0.717) is 11.4 Å². The molecule has 0 fully saturated rings. The standard InChI is InChI=1S/C24H21ClFNO2/c1-16-11-12-19(25)14-18(16)15-23(28)22(13-17-7-3-2-4-8-17)27-24(29)20-9-5-6-10-21(20)26/h2-12,14,22H,13,15H2,1H3,(H,27,29)/t22-/m1/s1. The predicted octanol–water partition coefficient (Wildman–Crippen LogP) is 4.94. The predicted molar refractivity (Wildman–Crippen MR) is 113 cm³/mol. The van der Waals surface area contributed by atoms with Gasteiger partial charge in [-0.2, -0.15) is 0 Å². The van der Waals surface area contributed by atoms with Crippen molar-refractivity contribution >= 4 is 23.3 Å². The second-order valence-electron chi connectivity index (χ2n) is 6.91. The Balaban J connectivity index is 1.84. The third-order valence-corrected chi connectivity index (χ3v) is 5.01. The van der Waals surface area contributed by atoms with Gasteiger partial charge in [0.15, 0.2) is 5.78 Å². The van der Waals surface area contributed by atoms with Gasteiger partial charge in [0.25, 0.3) is 5.91 Å². The zero-order chi connectivity index (χ0) is 20.8. The third-order valence-electron chi connectivity index (χ3n) is 4.77. The fraction of sp³-hybridized carbons (Fsp3) is 0.167. The van der Waals surface area contributed by atoms with Crippen molar-refractivity contribution in [2.45, 2.75) is 25.8 Å². The van der Waals surface area contributed by atoms with Crippen LogP contribution < -0.4 is 5.32 Å². The third kappa shape index (κ3) is 5.52. The number of benzene rings is 3. The molecule has 0 aromatic heterocycles.